The first-order valence-electron chi connectivity index (χ1n) is 18.3. The van der Waals surface area contributed by atoms with Crippen molar-refractivity contribution in [3.63, 3.8) is 0 Å². The second kappa shape index (κ2) is 24.5. The number of aliphatic hydroxyl groups excluding tert-OH is 1. The molecule has 3 N–H and O–H groups in total. The third-order valence-electron chi connectivity index (χ3n) is 7.94. The van der Waals surface area contributed by atoms with Gasteiger partial charge in [-0.2, -0.15) is 13.8 Å². The van der Waals surface area contributed by atoms with E-state index in [0.29, 0.717) is 21.7 Å². The molecular weight excluding hydrogens is 753 g/mol. The van der Waals surface area contributed by atoms with E-state index < -0.39 is 44.4 Å². The lowest BCUT2D eigenvalue weighted by Crippen LogP contribution is -2.42. The minimum absolute atomic E-state index is 0.0476. The Labute approximate surface area is 327 Å². The van der Waals surface area contributed by atoms with Crippen LogP contribution in [0.4, 0.5) is 8.78 Å². The molecule has 0 bridgehead atoms. The number of nitrogens with zero attached hydrogens (tertiary/aromatic N) is 2. The third kappa shape index (κ3) is 16.7. The van der Waals surface area contributed by atoms with Gasteiger partial charge in [-0.1, -0.05) is 91.4 Å². The molecule has 1 aliphatic rings. The van der Waals surface area contributed by atoms with Crippen LogP contribution >= 0.6 is 19.3 Å². The summed E-state index contributed by atoms with van der Waals surface area (Å²) in [6.07, 6.45) is 26.5. The van der Waals surface area contributed by atoms with Gasteiger partial charge >= 0.3 is 19.4 Å². The van der Waals surface area contributed by atoms with Gasteiger partial charge in [-0.05, 0) is 82.2 Å². The first-order valence-corrected chi connectivity index (χ1v) is 20.3. The van der Waals surface area contributed by atoms with Gasteiger partial charge in [0, 0.05) is 36.4 Å². The van der Waals surface area contributed by atoms with Gasteiger partial charge in [-0.25, -0.2) is 14.4 Å². The Morgan fingerprint density at radius 3 is 2.07 bits per heavy atom. The second-order valence-corrected chi connectivity index (χ2v) is 14.6. The van der Waals surface area contributed by atoms with Gasteiger partial charge < -0.3 is 19.7 Å². The van der Waals surface area contributed by atoms with Crippen molar-refractivity contribution in [2.45, 2.75) is 89.6 Å². The lowest BCUT2D eigenvalue weighted by molar-refractivity contribution is -0.140. The van der Waals surface area contributed by atoms with Crippen LogP contribution in [-0.2, 0) is 18.6 Å². The third-order valence-corrected chi connectivity index (χ3v) is 9.74. The highest BCUT2D eigenvalue weighted by Gasteiger charge is 2.60. The molecule has 11 nitrogen and oxygen atoms in total. The molecule has 1 aromatic heterocycles. The normalized spacial score (nSPS) is 19.9. The quantitative estimate of drug-likeness (QED) is 0.0541. The summed E-state index contributed by atoms with van der Waals surface area (Å²) in [5.74, 6) is -4.04. The van der Waals surface area contributed by atoms with Crippen LogP contribution < -0.4 is 20.6 Å². The second-order valence-electron chi connectivity index (χ2n) is 12.5. The van der Waals surface area contributed by atoms with Crippen LogP contribution in [0.3, 0.4) is 0 Å². The number of carbonyl (C=O) groups excluding carboxylic acids is 1. The number of aryl methyl sites for hydroxylation is 1. The summed E-state index contributed by atoms with van der Waals surface area (Å²) < 4.78 is 60.7. The maximum absolute atomic E-state index is 15.0. The van der Waals surface area contributed by atoms with Crippen molar-refractivity contribution < 1.29 is 37.0 Å². The van der Waals surface area contributed by atoms with Crippen LogP contribution in [0.15, 0.2) is 114 Å². The zero-order valence-electron chi connectivity index (χ0n) is 31.3. The minimum Gasteiger partial charge on any atom is -0.413 e. The largest absolute Gasteiger partial charge is 0.458 e. The number of benzene rings is 1. The first kappa shape index (κ1) is 45.4. The molecule has 1 fully saturated rings. The summed E-state index contributed by atoms with van der Waals surface area (Å²) in [7, 11) is -4.29. The number of carbonyl (C=O) groups is 1. The van der Waals surface area contributed by atoms with E-state index in [1.165, 1.54) is 37.3 Å². The molecule has 0 radical (unpaired) electrons. The summed E-state index contributed by atoms with van der Waals surface area (Å²) in [5.41, 5.74) is -0.674. The maximum atomic E-state index is 15.0. The van der Waals surface area contributed by atoms with E-state index in [0.717, 1.165) is 44.7 Å². The number of aliphatic hydroxyl groups is 1. The predicted molar refractivity (Wildman–Crippen MR) is 212 cm³/mol. The zero-order chi connectivity index (χ0) is 39.9. The van der Waals surface area contributed by atoms with Crippen molar-refractivity contribution in [1.82, 2.24) is 20.0 Å². The molecule has 55 heavy (non-hydrogen) atoms. The fourth-order valence-electron chi connectivity index (χ4n) is 5.03. The Balaban J connectivity index is 1.38. The van der Waals surface area contributed by atoms with Gasteiger partial charge in [0.1, 0.15) is 11.9 Å². The summed E-state index contributed by atoms with van der Waals surface area (Å²) in [4.78, 5) is 28.3. The molecule has 15 heteroatoms. The molecule has 2 aromatic rings. The predicted octanol–water partition coefficient (Wildman–Crippen LogP) is 8.49. The molecule has 0 aliphatic carbocycles. The van der Waals surface area contributed by atoms with Crippen LogP contribution in [0.1, 0.15) is 70.2 Å². The average molecular weight is 805 g/mol. The number of aromatic nitrogens is 2. The van der Waals surface area contributed by atoms with E-state index in [-0.39, 0.29) is 31.2 Å². The molecule has 1 saturated heterocycles. The van der Waals surface area contributed by atoms with Gasteiger partial charge in [0.15, 0.2) is 6.10 Å². The van der Waals surface area contributed by atoms with E-state index in [1.807, 2.05) is 12.2 Å². The van der Waals surface area contributed by atoms with Crippen molar-refractivity contribution in [3.05, 3.63) is 131 Å². The van der Waals surface area contributed by atoms with Crippen LogP contribution in [0.5, 0.6) is 5.75 Å². The standard InChI is InChI=1S/C40H52ClF2N4O7P/c1-3-4-5-6-7-8-9-10-11-12-13-14-15-16-17-18-19-20-21-22-36(48)44-28-29-45-55(51,54-34-25-23-33(41)24-26-34)52-31-35-37(49)40(42,43)38(53-35)47-30-27-32(2)46-39(47)50/h4-5,7-8,10-11,13-14,16-17,19-20,23-27,30,35,37-38,49H,3,6,9,12,15,18,21-22,28-29,31H2,1-2H3,(H,44,48)(H,45,51)/b5-4-,8-7-,11-10-,14-13-,17-16-,20-19-/t35-,37-,38-,55?/m1/s1. The Hall–Kier alpha value is -3.97. The molecule has 1 aromatic carbocycles. The Morgan fingerprint density at radius 2 is 1.51 bits per heavy atom. The molecular formula is C40H52ClF2N4O7P. The lowest BCUT2D eigenvalue weighted by Gasteiger charge is -2.22. The van der Waals surface area contributed by atoms with Crippen LogP contribution in [-0.4, -0.2) is 58.4 Å². The Bertz CT molecular complexity index is 1760. The number of halogens is 3. The minimum atomic E-state index is -4.29. The molecule has 3 rings (SSSR count). The molecule has 1 unspecified atom stereocenters. The highest BCUT2D eigenvalue weighted by molar-refractivity contribution is 7.52. The number of rotatable bonds is 24. The summed E-state index contributed by atoms with van der Waals surface area (Å²) in [6, 6.07) is 7.18. The maximum Gasteiger partial charge on any atom is 0.458 e. The fourth-order valence-corrected chi connectivity index (χ4v) is 6.49. The van der Waals surface area contributed by atoms with E-state index in [1.54, 1.807) is 0 Å². The van der Waals surface area contributed by atoms with E-state index >= 15 is 8.78 Å². The number of allylic oxidation sites excluding steroid dienone is 12. The topological polar surface area (TPSA) is 141 Å². The van der Waals surface area contributed by atoms with Crippen molar-refractivity contribution >= 4 is 25.3 Å². The summed E-state index contributed by atoms with van der Waals surface area (Å²) >= 11 is 5.94. The number of ether oxygens (including phenoxy) is 1. The first-order chi connectivity index (χ1) is 26.4. The molecule has 0 saturated carbocycles. The molecule has 1 aliphatic heterocycles. The van der Waals surface area contributed by atoms with Crippen LogP contribution in [0.25, 0.3) is 0 Å². The lowest BCUT2D eigenvalue weighted by atomic mass is 10.1. The summed E-state index contributed by atoms with van der Waals surface area (Å²) in [5, 5.41) is 16.1. The van der Waals surface area contributed by atoms with E-state index in [4.69, 9.17) is 25.4 Å². The van der Waals surface area contributed by atoms with Crippen molar-refractivity contribution in [1.29, 1.82) is 0 Å². The number of nitrogens with one attached hydrogen (secondary N) is 2. The Kier molecular flexibility index (Phi) is 20.3. The number of hydrogen-bond acceptors (Lipinski definition) is 8. The molecule has 2 heterocycles. The number of amides is 1. The molecule has 1 amide bonds. The van der Waals surface area contributed by atoms with E-state index in [9.17, 15) is 19.3 Å². The molecule has 4 atom stereocenters. The summed E-state index contributed by atoms with van der Waals surface area (Å²) in [6.45, 7) is 2.83. The molecule has 0 spiro atoms. The van der Waals surface area contributed by atoms with Gasteiger partial charge in [-0.3, -0.25) is 13.9 Å². The van der Waals surface area contributed by atoms with Crippen molar-refractivity contribution in [3.8, 4) is 5.75 Å². The number of alkyl halides is 2. The number of hydrogen-bond donors (Lipinski definition) is 3. The van der Waals surface area contributed by atoms with Crippen LogP contribution in [0.2, 0.25) is 5.02 Å². The van der Waals surface area contributed by atoms with E-state index in [2.05, 4.69) is 83.1 Å². The average Bonchev–Trinajstić information content (AvgIpc) is 3.38. The van der Waals surface area contributed by atoms with Crippen molar-refractivity contribution in [2.75, 3.05) is 19.7 Å². The van der Waals surface area contributed by atoms with Gasteiger partial charge in [0.2, 0.25) is 12.1 Å². The zero-order valence-corrected chi connectivity index (χ0v) is 32.9. The monoisotopic (exact) mass is 804 g/mol. The molecule has 300 valence electrons. The highest BCUT2D eigenvalue weighted by atomic mass is 35.5. The Morgan fingerprint density at radius 1 is 0.945 bits per heavy atom. The smallest absolute Gasteiger partial charge is 0.413 e. The fraction of sp³-hybridized carbons (Fsp3) is 0.425. The SMILES string of the molecule is CC/C=C\C/C=C\C/C=C\C/C=C\C/C=C\C/C=C\CCC(=O)NCCNP(=O)(OC[C@H]1O[C@@H](n2ccc(C)nc2=O)C(F)(F)[C@@H]1O)Oc1ccc(Cl)cc1. The van der Waals surface area contributed by atoms with Gasteiger partial charge in [-0.15, -0.1) is 0 Å². The van der Waals surface area contributed by atoms with Gasteiger partial charge in [0.05, 0.1) is 6.61 Å². The van der Waals surface area contributed by atoms with Crippen molar-refractivity contribution in [2.24, 2.45) is 0 Å². The van der Waals surface area contributed by atoms with Gasteiger partial charge in [0.25, 0.3) is 0 Å². The highest BCUT2D eigenvalue weighted by Crippen LogP contribution is 2.47. The van der Waals surface area contributed by atoms with Crippen LogP contribution in [0, 0.1) is 6.92 Å².